The summed E-state index contributed by atoms with van der Waals surface area (Å²) in [6.45, 7) is 2.68. The van der Waals surface area contributed by atoms with Crippen molar-refractivity contribution >= 4 is 17.7 Å². The highest BCUT2D eigenvalue weighted by molar-refractivity contribution is 7.98. The maximum Gasteiger partial charge on any atom is 0.320 e. The molecule has 0 aromatic heterocycles. The molecule has 1 aromatic carbocycles. The van der Waals surface area contributed by atoms with Gasteiger partial charge in [-0.15, -0.1) is 11.8 Å². The first-order valence-corrected chi connectivity index (χ1v) is 7.49. The lowest BCUT2D eigenvalue weighted by atomic mass is 10.1. The van der Waals surface area contributed by atoms with Crippen molar-refractivity contribution in [2.75, 3.05) is 6.26 Å². The summed E-state index contributed by atoms with van der Waals surface area (Å²) in [6.07, 6.45) is 4.69. The Kier molecular flexibility index (Phi) is 6.83. The van der Waals surface area contributed by atoms with Crippen LogP contribution in [0.5, 0.6) is 0 Å². The average Bonchev–Trinajstić information content (AvgIpc) is 2.39. The van der Waals surface area contributed by atoms with Gasteiger partial charge in [0.15, 0.2) is 0 Å². The van der Waals surface area contributed by atoms with E-state index in [1.165, 1.54) is 4.90 Å². The summed E-state index contributed by atoms with van der Waals surface area (Å²) in [6, 6.07) is 7.76. The number of unbranched alkanes of at least 4 members (excludes halogenated alkanes) is 1. The van der Waals surface area contributed by atoms with E-state index in [1.807, 2.05) is 18.4 Å². The van der Waals surface area contributed by atoms with Gasteiger partial charge in [-0.1, -0.05) is 31.9 Å². The van der Waals surface area contributed by atoms with Gasteiger partial charge in [0.2, 0.25) is 0 Å². The van der Waals surface area contributed by atoms with E-state index in [9.17, 15) is 4.79 Å². The summed E-state index contributed by atoms with van der Waals surface area (Å²) in [5.41, 5.74) is 1.12. The van der Waals surface area contributed by atoms with Crippen LogP contribution in [0.25, 0.3) is 0 Å². The van der Waals surface area contributed by atoms with Gasteiger partial charge < -0.3 is 10.4 Å². The SMILES string of the molecule is CCCCC(NCc1ccc(SC)cc1)C(=O)O. The predicted molar refractivity (Wildman–Crippen MR) is 76.0 cm³/mol. The summed E-state index contributed by atoms with van der Waals surface area (Å²) in [5, 5.41) is 12.2. The number of aliphatic carboxylic acids is 1. The summed E-state index contributed by atoms with van der Waals surface area (Å²) < 4.78 is 0. The smallest absolute Gasteiger partial charge is 0.320 e. The van der Waals surface area contributed by atoms with Crippen LogP contribution >= 0.6 is 11.8 Å². The fourth-order valence-electron chi connectivity index (χ4n) is 1.71. The molecule has 4 heteroatoms. The van der Waals surface area contributed by atoms with Gasteiger partial charge in [-0.3, -0.25) is 4.79 Å². The van der Waals surface area contributed by atoms with Crippen molar-refractivity contribution in [1.29, 1.82) is 0 Å². The number of carboxylic acid groups (broad SMARTS) is 1. The second-order valence-electron chi connectivity index (χ2n) is 4.26. The lowest BCUT2D eigenvalue weighted by Crippen LogP contribution is -2.36. The molecule has 100 valence electrons. The number of hydrogen-bond donors (Lipinski definition) is 2. The Morgan fingerprint density at radius 2 is 2.06 bits per heavy atom. The molecular weight excluding hydrogens is 246 g/mol. The number of rotatable bonds is 8. The molecule has 0 amide bonds. The Morgan fingerprint density at radius 3 is 2.56 bits per heavy atom. The minimum absolute atomic E-state index is 0.440. The third-order valence-electron chi connectivity index (χ3n) is 2.86. The molecule has 0 saturated carbocycles. The number of thioether (sulfide) groups is 1. The molecule has 1 rings (SSSR count). The molecule has 0 radical (unpaired) electrons. The molecule has 3 nitrogen and oxygen atoms in total. The summed E-state index contributed by atoms with van der Waals surface area (Å²) in [4.78, 5) is 12.3. The zero-order chi connectivity index (χ0) is 13.4. The van der Waals surface area contributed by atoms with Crippen molar-refractivity contribution in [1.82, 2.24) is 5.32 Å². The molecule has 0 bridgehead atoms. The predicted octanol–water partition coefficient (Wildman–Crippen LogP) is 3.14. The van der Waals surface area contributed by atoms with Crippen molar-refractivity contribution in [3.8, 4) is 0 Å². The van der Waals surface area contributed by atoms with Crippen molar-refractivity contribution in [3.05, 3.63) is 29.8 Å². The number of carboxylic acids is 1. The Hall–Kier alpha value is -1.00. The van der Waals surface area contributed by atoms with E-state index in [0.717, 1.165) is 18.4 Å². The molecular formula is C14H21NO2S. The van der Waals surface area contributed by atoms with Gasteiger partial charge in [-0.05, 0) is 30.4 Å². The van der Waals surface area contributed by atoms with E-state index in [4.69, 9.17) is 5.11 Å². The van der Waals surface area contributed by atoms with Gasteiger partial charge in [-0.25, -0.2) is 0 Å². The van der Waals surface area contributed by atoms with Crippen LogP contribution in [-0.2, 0) is 11.3 Å². The Balaban J connectivity index is 2.47. The maximum atomic E-state index is 11.1. The second kappa shape index (κ2) is 8.16. The van der Waals surface area contributed by atoms with Gasteiger partial charge >= 0.3 is 5.97 Å². The van der Waals surface area contributed by atoms with E-state index in [1.54, 1.807) is 11.8 Å². The van der Waals surface area contributed by atoms with Crippen molar-refractivity contribution in [2.24, 2.45) is 0 Å². The van der Waals surface area contributed by atoms with Gasteiger partial charge in [-0.2, -0.15) is 0 Å². The molecule has 1 unspecified atom stereocenters. The van der Waals surface area contributed by atoms with Crippen LogP contribution in [0.4, 0.5) is 0 Å². The Morgan fingerprint density at radius 1 is 1.39 bits per heavy atom. The molecule has 2 N–H and O–H groups in total. The van der Waals surface area contributed by atoms with Gasteiger partial charge in [0, 0.05) is 11.4 Å². The molecule has 0 saturated heterocycles. The number of nitrogens with one attached hydrogen (secondary N) is 1. The van der Waals surface area contributed by atoms with Crippen LogP contribution in [0.15, 0.2) is 29.2 Å². The van der Waals surface area contributed by atoms with Crippen molar-refractivity contribution < 1.29 is 9.90 Å². The molecule has 0 fully saturated rings. The normalized spacial score (nSPS) is 12.3. The molecule has 0 aliphatic carbocycles. The molecule has 0 aliphatic heterocycles. The van der Waals surface area contributed by atoms with E-state index < -0.39 is 12.0 Å². The maximum absolute atomic E-state index is 11.1. The van der Waals surface area contributed by atoms with E-state index in [2.05, 4.69) is 24.4 Å². The molecule has 0 spiro atoms. The van der Waals surface area contributed by atoms with Crippen LogP contribution < -0.4 is 5.32 Å². The Bertz CT molecular complexity index is 365. The van der Waals surface area contributed by atoms with Crippen LogP contribution in [0.2, 0.25) is 0 Å². The molecule has 0 heterocycles. The summed E-state index contributed by atoms with van der Waals surface area (Å²) >= 11 is 1.70. The van der Waals surface area contributed by atoms with Crippen molar-refractivity contribution in [2.45, 2.75) is 43.7 Å². The number of carbonyl (C=O) groups is 1. The zero-order valence-corrected chi connectivity index (χ0v) is 11.8. The quantitative estimate of drug-likeness (QED) is 0.710. The van der Waals surface area contributed by atoms with Crippen LogP contribution in [-0.4, -0.2) is 23.4 Å². The number of benzene rings is 1. The standard InChI is InChI=1S/C14H21NO2S/c1-3-4-5-13(14(16)17)15-10-11-6-8-12(18-2)9-7-11/h6-9,13,15H,3-5,10H2,1-2H3,(H,16,17). The fraction of sp³-hybridized carbons (Fsp3) is 0.500. The Labute approximate surface area is 113 Å². The summed E-state index contributed by atoms with van der Waals surface area (Å²) in [7, 11) is 0. The zero-order valence-electron chi connectivity index (χ0n) is 11.0. The first-order chi connectivity index (χ1) is 8.67. The second-order valence-corrected chi connectivity index (χ2v) is 5.14. The number of hydrogen-bond acceptors (Lipinski definition) is 3. The van der Waals surface area contributed by atoms with Gasteiger partial charge in [0.1, 0.15) is 6.04 Å². The third kappa shape index (κ3) is 5.10. The summed E-state index contributed by atoms with van der Waals surface area (Å²) in [5.74, 6) is -0.760. The average molecular weight is 267 g/mol. The highest BCUT2D eigenvalue weighted by Crippen LogP contribution is 2.15. The van der Waals surface area contributed by atoms with Crippen LogP contribution in [0.3, 0.4) is 0 Å². The van der Waals surface area contributed by atoms with Gasteiger partial charge in [0.05, 0.1) is 0 Å². The minimum Gasteiger partial charge on any atom is -0.480 e. The minimum atomic E-state index is -0.760. The van der Waals surface area contributed by atoms with E-state index in [-0.39, 0.29) is 0 Å². The lowest BCUT2D eigenvalue weighted by Gasteiger charge is -2.14. The van der Waals surface area contributed by atoms with E-state index in [0.29, 0.717) is 13.0 Å². The van der Waals surface area contributed by atoms with E-state index >= 15 is 0 Å². The molecule has 18 heavy (non-hydrogen) atoms. The highest BCUT2D eigenvalue weighted by Gasteiger charge is 2.15. The third-order valence-corrected chi connectivity index (χ3v) is 3.60. The molecule has 0 aliphatic rings. The lowest BCUT2D eigenvalue weighted by molar-refractivity contribution is -0.139. The van der Waals surface area contributed by atoms with Crippen LogP contribution in [0, 0.1) is 0 Å². The van der Waals surface area contributed by atoms with Gasteiger partial charge in [0.25, 0.3) is 0 Å². The first-order valence-electron chi connectivity index (χ1n) is 6.26. The topological polar surface area (TPSA) is 49.3 Å². The van der Waals surface area contributed by atoms with Crippen LogP contribution in [0.1, 0.15) is 31.7 Å². The highest BCUT2D eigenvalue weighted by atomic mass is 32.2. The molecule has 1 aromatic rings. The first kappa shape index (κ1) is 15.1. The largest absolute Gasteiger partial charge is 0.480 e. The van der Waals surface area contributed by atoms with Crippen molar-refractivity contribution in [3.63, 3.8) is 0 Å². The molecule has 1 atom stereocenters. The monoisotopic (exact) mass is 267 g/mol. The fourth-order valence-corrected chi connectivity index (χ4v) is 2.11.